The van der Waals surface area contributed by atoms with E-state index in [1.807, 2.05) is 0 Å². The second-order valence-corrected chi connectivity index (χ2v) is 15.7. The quantitative estimate of drug-likeness (QED) is 0.526. The second-order valence-electron chi connectivity index (χ2n) is 10.1. The van der Waals surface area contributed by atoms with E-state index >= 15 is 0 Å². The molecule has 1 aliphatic rings. The number of carbonyl (C=O) groups excluding carboxylic acids is 2. The number of amides is 2. The van der Waals surface area contributed by atoms with Gasteiger partial charge in [0.15, 0.2) is 5.82 Å². The van der Waals surface area contributed by atoms with Gasteiger partial charge in [-0.2, -0.15) is 4.98 Å². The number of hydrogen-bond acceptors (Lipinski definition) is 7. The summed E-state index contributed by atoms with van der Waals surface area (Å²) >= 11 is 0. The molecule has 0 bridgehead atoms. The Morgan fingerprint density at radius 2 is 1.83 bits per heavy atom. The maximum Gasteiger partial charge on any atom is 0.429 e. The predicted molar refractivity (Wildman–Crippen MR) is 115 cm³/mol. The van der Waals surface area contributed by atoms with Gasteiger partial charge in [0.2, 0.25) is 5.89 Å². The number of nitrogens with one attached hydrogen (secondary N) is 1. The van der Waals surface area contributed by atoms with E-state index in [4.69, 9.17) is 14.0 Å². The Hall–Kier alpha value is -2.10. The lowest BCUT2D eigenvalue weighted by Crippen LogP contribution is -2.54. The second kappa shape index (κ2) is 9.80. The maximum atomic E-state index is 12.8. The summed E-state index contributed by atoms with van der Waals surface area (Å²) in [7, 11) is -1.34. The molecular weight excluding hydrogens is 404 g/mol. The van der Waals surface area contributed by atoms with E-state index in [9.17, 15) is 9.59 Å². The molecule has 0 radical (unpaired) electrons. The van der Waals surface area contributed by atoms with Crippen LogP contribution in [0.25, 0.3) is 0 Å². The molecule has 1 aromatic rings. The van der Waals surface area contributed by atoms with Crippen LogP contribution in [0.3, 0.4) is 0 Å². The zero-order valence-electron chi connectivity index (χ0n) is 19.3. The Bertz CT molecular complexity index is 718. The molecule has 0 saturated heterocycles. The van der Waals surface area contributed by atoms with Gasteiger partial charge in [-0.05, 0) is 52.5 Å². The van der Waals surface area contributed by atoms with Crippen LogP contribution in [0.4, 0.5) is 9.59 Å². The number of ether oxygens (including phenoxy) is 2. The molecule has 1 aromatic heterocycles. The summed E-state index contributed by atoms with van der Waals surface area (Å²) in [5.74, 6) is 1.44. The summed E-state index contributed by atoms with van der Waals surface area (Å²) in [6.45, 7) is 14.1. The number of rotatable bonds is 5. The monoisotopic (exact) mass is 440 g/mol. The van der Waals surface area contributed by atoms with Gasteiger partial charge in [0.1, 0.15) is 5.60 Å². The van der Waals surface area contributed by atoms with Crippen molar-refractivity contribution in [3.63, 3.8) is 0 Å². The van der Waals surface area contributed by atoms with Gasteiger partial charge in [-0.3, -0.25) is 0 Å². The molecule has 0 aromatic carbocycles. The van der Waals surface area contributed by atoms with Crippen LogP contribution in [0.5, 0.6) is 0 Å². The molecular formula is C20H36N4O5Si. The molecule has 0 aliphatic heterocycles. The maximum absolute atomic E-state index is 12.8. The van der Waals surface area contributed by atoms with E-state index in [1.165, 1.54) is 5.01 Å². The van der Waals surface area contributed by atoms with Crippen molar-refractivity contribution in [2.75, 3.05) is 6.61 Å². The minimum absolute atomic E-state index is 0.179. The lowest BCUT2D eigenvalue weighted by atomic mass is 9.85. The summed E-state index contributed by atoms with van der Waals surface area (Å²) in [4.78, 5) is 29.4. The van der Waals surface area contributed by atoms with Crippen molar-refractivity contribution in [3.05, 3.63) is 11.7 Å². The Labute approximate surface area is 179 Å². The summed E-state index contributed by atoms with van der Waals surface area (Å²) in [5.41, 5.74) is 1.95. The molecule has 170 valence electrons. The standard InChI is InChI=1S/C20H36N4O5Si/c1-14-21-17(23-29-14)15-8-10-16(11-9-15)24(22-18(25)28-20(2,3)4)19(26)27-12-13-30(5,6)7/h15-16H,8-13H2,1-7H3,(H,22,25). The smallest absolute Gasteiger partial charge is 0.429 e. The van der Waals surface area contributed by atoms with Gasteiger partial charge < -0.3 is 14.0 Å². The highest BCUT2D eigenvalue weighted by Crippen LogP contribution is 2.33. The zero-order valence-corrected chi connectivity index (χ0v) is 20.3. The molecule has 1 fully saturated rings. The fourth-order valence-corrected chi connectivity index (χ4v) is 3.99. The molecule has 1 heterocycles. The Morgan fingerprint density at radius 1 is 1.20 bits per heavy atom. The molecule has 30 heavy (non-hydrogen) atoms. The van der Waals surface area contributed by atoms with Gasteiger partial charge in [0, 0.05) is 20.9 Å². The summed E-state index contributed by atoms with van der Waals surface area (Å²) in [6.07, 6.45) is 1.75. The average molecular weight is 441 g/mol. The fraction of sp³-hybridized carbons (Fsp3) is 0.800. The van der Waals surface area contributed by atoms with Gasteiger partial charge in [-0.1, -0.05) is 24.8 Å². The Morgan fingerprint density at radius 3 is 2.33 bits per heavy atom. The van der Waals surface area contributed by atoms with Crippen molar-refractivity contribution in [2.45, 2.75) is 96.6 Å². The van der Waals surface area contributed by atoms with E-state index < -0.39 is 25.9 Å². The average Bonchev–Trinajstić information content (AvgIpc) is 3.03. The van der Waals surface area contributed by atoms with Gasteiger partial charge >= 0.3 is 12.2 Å². The first-order valence-electron chi connectivity index (χ1n) is 10.6. The van der Waals surface area contributed by atoms with Crippen LogP contribution in [0, 0.1) is 6.92 Å². The predicted octanol–water partition coefficient (Wildman–Crippen LogP) is 4.62. The first kappa shape index (κ1) is 24.2. The van der Waals surface area contributed by atoms with Crippen LogP contribution >= 0.6 is 0 Å². The minimum atomic E-state index is -1.34. The number of hydrogen-bond donors (Lipinski definition) is 1. The van der Waals surface area contributed by atoms with Crippen LogP contribution < -0.4 is 5.43 Å². The van der Waals surface area contributed by atoms with Crippen molar-refractivity contribution in [1.29, 1.82) is 0 Å². The van der Waals surface area contributed by atoms with Crippen molar-refractivity contribution in [2.24, 2.45) is 0 Å². The largest absolute Gasteiger partial charge is 0.448 e. The van der Waals surface area contributed by atoms with Crippen molar-refractivity contribution in [1.82, 2.24) is 20.6 Å². The third-order valence-electron chi connectivity index (χ3n) is 4.86. The number of aryl methyl sites for hydroxylation is 1. The van der Waals surface area contributed by atoms with Crippen LogP contribution in [-0.4, -0.2) is 53.7 Å². The van der Waals surface area contributed by atoms with Crippen molar-refractivity contribution in [3.8, 4) is 0 Å². The Balaban J connectivity index is 2.01. The SMILES string of the molecule is Cc1nc(C2CCC(N(NC(=O)OC(C)(C)C)C(=O)OCC[Si](C)(C)C)CC2)no1. The fourth-order valence-electron chi connectivity index (χ4n) is 3.27. The summed E-state index contributed by atoms with van der Waals surface area (Å²) in [6, 6.07) is 0.685. The summed E-state index contributed by atoms with van der Waals surface area (Å²) < 4.78 is 15.9. The van der Waals surface area contributed by atoms with Crippen LogP contribution in [0.15, 0.2) is 4.52 Å². The van der Waals surface area contributed by atoms with E-state index in [-0.39, 0.29) is 12.0 Å². The van der Waals surface area contributed by atoms with Crippen LogP contribution in [0.2, 0.25) is 25.7 Å². The molecule has 0 unspecified atom stereocenters. The lowest BCUT2D eigenvalue weighted by molar-refractivity contribution is 0.0141. The molecule has 1 saturated carbocycles. The number of carbonyl (C=O) groups is 2. The van der Waals surface area contributed by atoms with Gasteiger partial charge in [-0.15, -0.1) is 0 Å². The van der Waals surface area contributed by atoms with Crippen molar-refractivity contribution < 1.29 is 23.6 Å². The minimum Gasteiger partial charge on any atom is -0.448 e. The van der Waals surface area contributed by atoms with Gasteiger partial charge in [-0.25, -0.2) is 20.0 Å². The topological polar surface area (TPSA) is 107 Å². The Kier molecular flexibility index (Phi) is 7.90. The molecule has 0 atom stereocenters. The highest BCUT2D eigenvalue weighted by Gasteiger charge is 2.34. The van der Waals surface area contributed by atoms with Gasteiger partial charge in [0.05, 0.1) is 12.6 Å². The highest BCUT2D eigenvalue weighted by atomic mass is 28.3. The van der Waals surface area contributed by atoms with Gasteiger partial charge in [0.25, 0.3) is 0 Å². The van der Waals surface area contributed by atoms with E-state index in [0.717, 1.165) is 18.9 Å². The first-order chi connectivity index (χ1) is 13.8. The number of hydrazine groups is 1. The first-order valence-corrected chi connectivity index (χ1v) is 14.3. The third-order valence-corrected chi connectivity index (χ3v) is 6.56. The zero-order chi connectivity index (χ0) is 22.5. The molecule has 1 aliphatic carbocycles. The van der Waals surface area contributed by atoms with E-state index in [2.05, 4.69) is 35.2 Å². The lowest BCUT2D eigenvalue weighted by Gasteiger charge is -2.35. The van der Waals surface area contributed by atoms with Crippen LogP contribution in [0.1, 0.15) is 64.1 Å². The van der Waals surface area contributed by atoms with Crippen molar-refractivity contribution >= 4 is 20.3 Å². The highest BCUT2D eigenvalue weighted by molar-refractivity contribution is 6.76. The molecule has 2 rings (SSSR count). The third kappa shape index (κ3) is 7.96. The molecule has 9 nitrogen and oxygen atoms in total. The molecule has 2 amide bonds. The molecule has 0 spiro atoms. The molecule has 1 N–H and O–H groups in total. The van der Waals surface area contributed by atoms with E-state index in [0.29, 0.717) is 31.2 Å². The molecule has 10 heteroatoms. The van der Waals surface area contributed by atoms with Crippen LogP contribution in [-0.2, 0) is 9.47 Å². The van der Waals surface area contributed by atoms with E-state index in [1.54, 1.807) is 27.7 Å². The number of nitrogens with zero attached hydrogens (tertiary/aromatic N) is 3. The normalized spacial score (nSPS) is 19.8. The number of aromatic nitrogens is 2. The summed E-state index contributed by atoms with van der Waals surface area (Å²) in [5, 5.41) is 5.32.